The normalized spacial score (nSPS) is 11.2. The molecule has 1 aromatic carbocycles. The molecule has 1 amide bonds. The van der Waals surface area contributed by atoms with E-state index in [0.717, 1.165) is 15.7 Å². The third-order valence-electron chi connectivity index (χ3n) is 3.19. The first-order chi connectivity index (χ1) is 10.7. The van der Waals surface area contributed by atoms with Gasteiger partial charge in [-0.15, -0.1) is 0 Å². The highest BCUT2D eigenvalue weighted by molar-refractivity contribution is 9.10. The number of carbonyl (C=O) groups is 1. The molecule has 0 fully saturated rings. The summed E-state index contributed by atoms with van der Waals surface area (Å²) in [5, 5.41) is 4.01. The number of hydrazone groups is 1. The molecule has 3 rings (SSSR count). The molecule has 3 aromatic rings. The number of aromatic nitrogens is 2. The van der Waals surface area contributed by atoms with Crippen LogP contribution in [0.4, 0.5) is 0 Å². The second kappa shape index (κ2) is 6.11. The lowest BCUT2D eigenvalue weighted by molar-refractivity contribution is 0.0948. The molecular formula is C16H13BrN4O. The van der Waals surface area contributed by atoms with Crippen molar-refractivity contribution in [2.45, 2.75) is 6.92 Å². The average molecular weight is 357 g/mol. The molecule has 0 radical (unpaired) electrons. The van der Waals surface area contributed by atoms with Crippen LogP contribution in [0, 0.1) is 6.92 Å². The number of amides is 1. The number of halogens is 1. The first kappa shape index (κ1) is 14.5. The van der Waals surface area contributed by atoms with Gasteiger partial charge in [0.1, 0.15) is 11.3 Å². The van der Waals surface area contributed by atoms with Crippen LogP contribution in [0.3, 0.4) is 0 Å². The van der Waals surface area contributed by atoms with Crippen molar-refractivity contribution >= 4 is 33.7 Å². The quantitative estimate of drug-likeness (QED) is 0.578. The summed E-state index contributed by atoms with van der Waals surface area (Å²) >= 11 is 3.43. The number of fused-ring (bicyclic) bond motifs is 1. The van der Waals surface area contributed by atoms with Crippen LogP contribution in [0.15, 0.2) is 58.2 Å². The maximum Gasteiger partial charge on any atom is 0.290 e. The topological polar surface area (TPSA) is 58.8 Å². The number of nitrogens with zero attached hydrogens (tertiary/aromatic N) is 3. The number of imidazole rings is 1. The van der Waals surface area contributed by atoms with Gasteiger partial charge in [-0.2, -0.15) is 5.10 Å². The summed E-state index contributed by atoms with van der Waals surface area (Å²) in [7, 11) is 0. The minimum absolute atomic E-state index is 0.292. The Balaban J connectivity index is 1.82. The molecule has 0 saturated heterocycles. The molecule has 2 heterocycles. The van der Waals surface area contributed by atoms with Crippen molar-refractivity contribution in [2.75, 3.05) is 0 Å². The Morgan fingerprint density at radius 1 is 1.27 bits per heavy atom. The van der Waals surface area contributed by atoms with Crippen LogP contribution in [0.25, 0.3) is 5.65 Å². The van der Waals surface area contributed by atoms with Gasteiger partial charge in [0.2, 0.25) is 0 Å². The van der Waals surface area contributed by atoms with E-state index in [4.69, 9.17) is 0 Å². The van der Waals surface area contributed by atoms with Crippen LogP contribution >= 0.6 is 15.9 Å². The number of pyridine rings is 1. The Labute approximate surface area is 135 Å². The lowest BCUT2D eigenvalue weighted by Crippen LogP contribution is -2.20. The van der Waals surface area contributed by atoms with E-state index in [1.807, 2.05) is 48.7 Å². The molecule has 0 bridgehead atoms. The summed E-state index contributed by atoms with van der Waals surface area (Å²) in [5.74, 6) is -0.292. The van der Waals surface area contributed by atoms with Crippen LogP contribution in [0.1, 0.15) is 21.7 Å². The Morgan fingerprint density at radius 2 is 2.05 bits per heavy atom. The van der Waals surface area contributed by atoms with Crippen molar-refractivity contribution in [1.29, 1.82) is 0 Å². The van der Waals surface area contributed by atoms with Gasteiger partial charge in [0.15, 0.2) is 0 Å². The second-order valence-electron chi connectivity index (χ2n) is 4.70. The van der Waals surface area contributed by atoms with E-state index in [9.17, 15) is 4.79 Å². The van der Waals surface area contributed by atoms with Gasteiger partial charge in [0.25, 0.3) is 5.91 Å². The van der Waals surface area contributed by atoms with E-state index in [1.54, 1.807) is 17.5 Å². The first-order valence-corrected chi connectivity index (χ1v) is 7.48. The maximum absolute atomic E-state index is 12.3. The molecular weight excluding hydrogens is 344 g/mol. The smallest absolute Gasteiger partial charge is 0.290 e. The van der Waals surface area contributed by atoms with Crippen LogP contribution < -0.4 is 5.43 Å². The van der Waals surface area contributed by atoms with Gasteiger partial charge in [0, 0.05) is 16.2 Å². The van der Waals surface area contributed by atoms with Crippen molar-refractivity contribution < 1.29 is 4.79 Å². The zero-order chi connectivity index (χ0) is 15.5. The highest BCUT2D eigenvalue weighted by atomic mass is 79.9. The highest BCUT2D eigenvalue weighted by Crippen LogP contribution is 2.14. The van der Waals surface area contributed by atoms with Crippen molar-refractivity contribution in [3.8, 4) is 0 Å². The summed E-state index contributed by atoms with van der Waals surface area (Å²) in [6.07, 6.45) is 3.41. The summed E-state index contributed by atoms with van der Waals surface area (Å²) in [6, 6.07) is 13.2. The van der Waals surface area contributed by atoms with E-state index in [0.29, 0.717) is 11.4 Å². The van der Waals surface area contributed by atoms with Gasteiger partial charge in [-0.3, -0.25) is 9.20 Å². The number of rotatable bonds is 3. The first-order valence-electron chi connectivity index (χ1n) is 6.68. The average Bonchev–Trinajstić information content (AvgIpc) is 2.85. The Kier molecular flexibility index (Phi) is 4.02. The van der Waals surface area contributed by atoms with Gasteiger partial charge < -0.3 is 0 Å². The lowest BCUT2D eigenvalue weighted by atomic mass is 10.2. The van der Waals surface area contributed by atoms with Crippen molar-refractivity contribution in [2.24, 2.45) is 5.10 Å². The fourth-order valence-electron chi connectivity index (χ4n) is 2.18. The maximum atomic E-state index is 12.3. The lowest BCUT2D eigenvalue weighted by Gasteiger charge is -2.01. The molecule has 0 saturated carbocycles. The minimum atomic E-state index is -0.292. The van der Waals surface area contributed by atoms with Crippen LogP contribution in [0.2, 0.25) is 0 Å². The molecule has 6 heteroatoms. The van der Waals surface area contributed by atoms with Gasteiger partial charge in [-0.1, -0.05) is 40.2 Å². The van der Waals surface area contributed by atoms with Crippen molar-refractivity contribution in [3.05, 3.63) is 70.1 Å². The summed E-state index contributed by atoms with van der Waals surface area (Å²) in [6.45, 7) is 1.80. The van der Waals surface area contributed by atoms with Crippen LogP contribution in [0.5, 0.6) is 0 Å². The van der Waals surface area contributed by atoms with Crippen LogP contribution in [-0.2, 0) is 0 Å². The van der Waals surface area contributed by atoms with E-state index >= 15 is 0 Å². The van der Waals surface area contributed by atoms with E-state index < -0.39 is 0 Å². The van der Waals surface area contributed by atoms with Crippen LogP contribution in [-0.4, -0.2) is 21.5 Å². The number of hydrogen-bond acceptors (Lipinski definition) is 3. The minimum Gasteiger partial charge on any atom is -0.295 e. The fraction of sp³-hybridized carbons (Fsp3) is 0.0625. The molecule has 2 aromatic heterocycles. The number of benzene rings is 1. The molecule has 5 nitrogen and oxygen atoms in total. The molecule has 0 aliphatic rings. The van der Waals surface area contributed by atoms with Crippen molar-refractivity contribution in [1.82, 2.24) is 14.8 Å². The predicted molar refractivity (Wildman–Crippen MR) is 89.1 cm³/mol. The summed E-state index contributed by atoms with van der Waals surface area (Å²) < 4.78 is 2.66. The number of hydrogen-bond donors (Lipinski definition) is 1. The third-order valence-corrected chi connectivity index (χ3v) is 3.92. The van der Waals surface area contributed by atoms with Gasteiger partial charge in [0.05, 0.1) is 11.9 Å². The molecule has 0 unspecified atom stereocenters. The Morgan fingerprint density at radius 3 is 2.86 bits per heavy atom. The zero-order valence-electron chi connectivity index (χ0n) is 11.8. The molecule has 0 aliphatic carbocycles. The number of aryl methyl sites for hydroxylation is 1. The van der Waals surface area contributed by atoms with E-state index in [2.05, 4.69) is 31.4 Å². The SMILES string of the molecule is Cc1nc2ccccn2c1C(=O)N/N=C/c1ccccc1Br. The molecule has 0 aliphatic heterocycles. The second-order valence-corrected chi connectivity index (χ2v) is 5.55. The molecule has 1 N–H and O–H groups in total. The molecule has 0 atom stereocenters. The Bertz CT molecular complexity index is 869. The van der Waals surface area contributed by atoms with Gasteiger partial charge in [-0.25, -0.2) is 10.4 Å². The van der Waals surface area contributed by atoms with E-state index in [1.165, 1.54) is 0 Å². The fourth-order valence-corrected chi connectivity index (χ4v) is 2.57. The molecule has 0 spiro atoms. The van der Waals surface area contributed by atoms with Crippen molar-refractivity contribution in [3.63, 3.8) is 0 Å². The highest BCUT2D eigenvalue weighted by Gasteiger charge is 2.15. The Hall–Kier alpha value is -2.47. The molecule has 22 heavy (non-hydrogen) atoms. The summed E-state index contributed by atoms with van der Waals surface area (Å²) in [4.78, 5) is 16.7. The van der Waals surface area contributed by atoms with Gasteiger partial charge in [-0.05, 0) is 25.1 Å². The predicted octanol–water partition coefficient (Wildman–Crippen LogP) is 3.17. The number of nitrogens with one attached hydrogen (secondary N) is 1. The molecule has 110 valence electrons. The monoisotopic (exact) mass is 356 g/mol. The standard InChI is InChI=1S/C16H13BrN4O/c1-11-15(21-9-5-4-8-14(21)19-11)16(22)20-18-10-12-6-2-3-7-13(12)17/h2-10H,1H3,(H,20,22)/b18-10+. The summed E-state index contributed by atoms with van der Waals surface area (Å²) in [5.41, 5.74) is 5.32. The van der Waals surface area contributed by atoms with Gasteiger partial charge >= 0.3 is 0 Å². The third kappa shape index (κ3) is 2.78. The zero-order valence-corrected chi connectivity index (χ0v) is 13.4. The number of carbonyl (C=O) groups excluding carboxylic acids is 1. The largest absolute Gasteiger partial charge is 0.295 e. The van der Waals surface area contributed by atoms with E-state index in [-0.39, 0.29) is 5.91 Å².